The van der Waals surface area contributed by atoms with Crippen molar-refractivity contribution in [1.82, 2.24) is 5.32 Å². The fourth-order valence-corrected chi connectivity index (χ4v) is 0.701. The molecule has 0 aliphatic carbocycles. The summed E-state index contributed by atoms with van der Waals surface area (Å²) in [6.07, 6.45) is 4.95. The van der Waals surface area contributed by atoms with E-state index in [1.54, 1.807) is 0 Å². The third-order valence-electron chi connectivity index (χ3n) is 1.51. The highest BCUT2D eigenvalue weighted by molar-refractivity contribution is 5.81. The Morgan fingerprint density at radius 1 is 1.42 bits per heavy atom. The molecule has 0 spiro atoms. The van der Waals surface area contributed by atoms with E-state index < -0.39 is 0 Å². The molecule has 0 aromatic heterocycles. The monoisotopic (exact) mass is 169 g/mol. The van der Waals surface area contributed by atoms with E-state index in [0.717, 1.165) is 13.0 Å². The van der Waals surface area contributed by atoms with Gasteiger partial charge < -0.3 is 5.32 Å². The lowest BCUT2D eigenvalue weighted by molar-refractivity contribution is -0.128. The number of nitrogens with one attached hydrogen (secondary N) is 1. The molecule has 0 unspecified atom stereocenters. The molecule has 2 heteroatoms. The van der Waals surface area contributed by atoms with Crippen LogP contribution in [0.3, 0.4) is 0 Å². The van der Waals surface area contributed by atoms with E-state index in [0.29, 0.717) is 0 Å². The number of carbonyl (C=O) groups excluding carboxylic acids is 1. The first-order chi connectivity index (χ1) is 5.48. The number of rotatable bonds is 3. The topological polar surface area (TPSA) is 29.1 Å². The van der Waals surface area contributed by atoms with Gasteiger partial charge in [-0.2, -0.15) is 0 Å². The Hall–Kier alpha value is -0.790. The van der Waals surface area contributed by atoms with Gasteiger partial charge in [-0.25, -0.2) is 0 Å². The Labute approximate surface area is 75.0 Å². The van der Waals surface area contributed by atoms with Crippen LogP contribution in [0.5, 0.6) is 0 Å². The average Bonchev–Trinajstić information content (AvgIpc) is 1.96. The molecular formula is C10H19NO. The van der Waals surface area contributed by atoms with Gasteiger partial charge >= 0.3 is 0 Å². The van der Waals surface area contributed by atoms with E-state index in [-0.39, 0.29) is 11.3 Å². The van der Waals surface area contributed by atoms with E-state index in [2.05, 4.69) is 5.32 Å². The molecule has 0 aromatic rings. The van der Waals surface area contributed by atoms with Crippen LogP contribution in [-0.4, -0.2) is 12.5 Å². The Morgan fingerprint density at radius 3 is 2.42 bits per heavy atom. The summed E-state index contributed by atoms with van der Waals surface area (Å²) < 4.78 is 0. The standard InChI is InChI=1S/C10H19NO/c1-5-6-7-8-11-9(12)10(2,3)4/h5-6H,7-8H2,1-4H3,(H,11,12)/b6-5+. The minimum Gasteiger partial charge on any atom is -0.355 e. The van der Waals surface area contributed by atoms with Gasteiger partial charge in [-0.15, -0.1) is 0 Å². The van der Waals surface area contributed by atoms with Gasteiger partial charge in [0.2, 0.25) is 5.91 Å². The molecule has 12 heavy (non-hydrogen) atoms. The predicted octanol–water partition coefficient (Wildman–Crippen LogP) is 2.11. The van der Waals surface area contributed by atoms with Gasteiger partial charge in [0.25, 0.3) is 0 Å². The summed E-state index contributed by atoms with van der Waals surface area (Å²) in [5.74, 6) is 0.118. The fourth-order valence-electron chi connectivity index (χ4n) is 0.701. The molecule has 1 N–H and O–H groups in total. The minimum absolute atomic E-state index is 0.118. The molecule has 0 rings (SSSR count). The lowest BCUT2D eigenvalue weighted by Gasteiger charge is -2.16. The van der Waals surface area contributed by atoms with Gasteiger partial charge in [-0.05, 0) is 13.3 Å². The van der Waals surface area contributed by atoms with Crippen molar-refractivity contribution in [2.24, 2.45) is 5.41 Å². The lowest BCUT2D eigenvalue weighted by atomic mass is 9.96. The van der Waals surface area contributed by atoms with E-state index in [1.165, 1.54) is 0 Å². The van der Waals surface area contributed by atoms with Crippen molar-refractivity contribution in [3.63, 3.8) is 0 Å². The molecule has 0 fully saturated rings. The van der Waals surface area contributed by atoms with E-state index >= 15 is 0 Å². The van der Waals surface area contributed by atoms with Crippen LogP contribution in [0.15, 0.2) is 12.2 Å². The number of allylic oxidation sites excluding steroid dienone is 1. The Bertz CT molecular complexity index is 165. The van der Waals surface area contributed by atoms with Crippen molar-refractivity contribution < 1.29 is 4.79 Å². The summed E-state index contributed by atoms with van der Waals surface area (Å²) in [4.78, 5) is 11.3. The molecule has 0 aliphatic rings. The van der Waals surface area contributed by atoms with Gasteiger partial charge in [0.1, 0.15) is 0 Å². The van der Waals surface area contributed by atoms with Gasteiger partial charge in [-0.1, -0.05) is 32.9 Å². The van der Waals surface area contributed by atoms with E-state index in [1.807, 2.05) is 39.8 Å². The van der Waals surface area contributed by atoms with Crippen LogP contribution in [0.2, 0.25) is 0 Å². The minimum atomic E-state index is -0.268. The summed E-state index contributed by atoms with van der Waals surface area (Å²) in [6, 6.07) is 0. The number of carbonyl (C=O) groups is 1. The lowest BCUT2D eigenvalue weighted by Crippen LogP contribution is -2.35. The SMILES string of the molecule is C/C=C/CCNC(=O)C(C)(C)C. The normalized spacial score (nSPS) is 12.0. The van der Waals surface area contributed by atoms with E-state index in [9.17, 15) is 4.79 Å². The smallest absolute Gasteiger partial charge is 0.225 e. The summed E-state index contributed by atoms with van der Waals surface area (Å²) in [7, 11) is 0. The number of hydrogen-bond donors (Lipinski definition) is 1. The van der Waals surface area contributed by atoms with Gasteiger partial charge in [-0.3, -0.25) is 4.79 Å². The first kappa shape index (κ1) is 11.2. The van der Waals surface area contributed by atoms with Crippen LogP contribution in [0.4, 0.5) is 0 Å². The number of hydrogen-bond acceptors (Lipinski definition) is 1. The molecule has 0 saturated carbocycles. The first-order valence-corrected chi connectivity index (χ1v) is 4.38. The molecule has 70 valence electrons. The van der Waals surface area contributed by atoms with Crippen LogP contribution >= 0.6 is 0 Å². The Morgan fingerprint density at radius 2 is 2.00 bits per heavy atom. The Kier molecular flexibility index (Phi) is 4.64. The first-order valence-electron chi connectivity index (χ1n) is 4.38. The highest BCUT2D eigenvalue weighted by Gasteiger charge is 2.19. The molecule has 0 atom stereocenters. The van der Waals surface area contributed by atoms with Gasteiger partial charge in [0.05, 0.1) is 0 Å². The second-order valence-electron chi connectivity index (χ2n) is 3.86. The molecule has 0 heterocycles. The molecule has 0 saturated heterocycles. The highest BCUT2D eigenvalue weighted by Crippen LogP contribution is 2.11. The van der Waals surface area contributed by atoms with Crippen LogP contribution in [0.1, 0.15) is 34.1 Å². The van der Waals surface area contributed by atoms with Crippen molar-refractivity contribution in [3.8, 4) is 0 Å². The van der Waals surface area contributed by atoms with Crippen molar-refractivity contribution in [3.05, 3.63) is 12.2 Å². The molecule has 2 nitrogen and oxygen atoms in total. The molecule has 0 aromatic carbocycles. The fraction of sp³-hybridized carbons (Fsp3) is 0.700. The maximum absolute atomic E-state index is 11.3. The average molecular weight is 169 g/mol. The summed E-state index contributed by atoms with van der Waals surface area (Å²) in [6.45, 7) is 8.46. The van der Waals surface area contributed by atoms with Crippen molar-refractivity contribution in [2.45, 2.75) is 34.1 Å². The van der Waals surface area contributed by atoms with Crippen molar-refractivity contribution in [2.75, 3.05) is 6.54 Å². The third-order valence-corrected chi connectivity index (χ3v) is 1.51. The summed E-state index contributed by atoms with van der Waals surface area (Å²) >= 11 is 0. The van der Waals surface area contributed by atoms with Crippen molar-refractivity contribution in [1.29, 1.82) is 0 Å². The van der Waals surface area contributed by atoms with Crippen LogP contribution in [-0.2, 0) is 4.79 Å². The largest absolute Gasteiger partial charge is 0.355 e. The van der Waals surface area contributed by atoms with Crippen molar-refractivity contribution >= 4 is 5.91 Å². The summed E-state index contributed by atoms with van der Waals surface area (Å²) in [5, 5.41) is 2.87. The molecule has 1 amide bonds. The molecule has 0 bridgehead atoms. The maximum atomic E-state index is 11.3. The van der Waals surface area contributed by atoms with Gasteiger partial charge in [0, 0.05) is 12.0 Å². The maximum Gasteiger partial charge on any atom is 0.225 e. The second kappa shape index (κ2) is 4.96. The highest BCUT2D eigenvalue weighted by atomic mass is 16.2. The summed E-state index contributed by atoms with van der Waals surface area (Å²) in [5.41, 5.74) is -0.268. The molecule has 0 aliphatic heterocycles. The molecular weight excluding hydrogens is 150 g/mol. The number of amides is 1. The van der Waals surface area contributed by atoms with E-state index in [4.69, 9.17) is 0 Å². The zero-order valence-corrected chi connectivity index (χ0v) is 8.48. The third kappa shape index (κ3) is 4.94. The quantitative estimate of drug-likeness (QED) is 0.509. The molecule has 0 radical (unpaired) electrons. The van der Waals surface area contributed by atoms with Gasteiger partial charge in [0.15, 0.2) is 0 Å². The Balaban J connectivity index is 3.59. The zero-order chi connectivity index (χ0) is 9.61. The second-order valence-corrected chi connectivity index (χ2v) is 3.86. The predicted molar refractivity (Wildman–Crippen MR) is 51.9 cm³/mol. The zero-order valence-electron chi connectivity index (χ0n) is 8.48. The van der Waals surface area contributed by atoms with Crippen LogP contribution < -0.4 is 5.32 Å². The van der Waals surface area contributed by atoms with Crippen LogP contribution in [0.25, 0.3) is 0 Å². The van der Waals surface area contributed by atoms with Crippen LogP contribution in [0, 0.1) is 5.41 Å².